The SMILES string of the molecule is CCCCCCc1ccc2c(c1)CC(=O)C(N)C2. The van der Waals surface area contributed by atoms with E-state index in [0.29, 0.717) is 12.8 Å². The summed E-state index contributed by atoms with van der Waals surface area (Å²) in [7, 11) is 0. The summed E-state index contributed by atoms with van der Waals surface area (Å²) in [6.07, 6.45) is 7.52. The zero-order valence-corrected chi connectivity index (χ0v) is 11.2. The predicted molar refractivity (Wildman–Crippen MR) is 74.7 cm³/mol. The molecule has 0 saturated carbocycles. The van der Waals surface area contributed by atoms with E-state index in [1.54, 1.807) is 0 Å². The van der Waals surface area contributed by atoms with E-state index in [1.807, 2.05) is 0 Å². The van der Waals surface area contributed by atoms with Crippen molar-refractivity contribution in [2.45, 2.75) is 57.9 Å². The van der Waals surface area contributed by atoms with Gasteiger partial charge in [-0.3, -0.25) is 4.79 Å². The van der Waals surface area contributed by atoms with Gasteiger partial charge in [-0.1, -0.05) is 44.4 Å². The molecule has 2 nitrogen and oxygen atoms in total. The van der Waals surface area contributed by atoms with Gasteiger partial charge in [0.2, 0.25) is 0 Å². The number of fused-ring (bicyclic) bond motifs is 1. The minimum Gasteiger partial charge on any atom is -0.321 e. The van der Waals surface area contributed by atoms with E-state index >= 15 is 0 Å². The summed E-state index contributed by atoms with van der Waals surface area (Å²) in [6, 6.07) is 6.29. The van der Waals surface area contributed by atoms with Gasteiger partial charge in [-0.15, -0.1) is 0 Å². The lowest BCUT2D eigenvalue weighted by atomic mass is 9.86. The third kappa shape index (κ3) is 3.20. The molecule has 1 aromatic carbocycles. The van der Waals surface area contributed by atoms with E-state index in [0.717, 1.165) is 6.42 Å². The Morgan fingerprint density at radius 1 is 1.22 bits per heavy atom. The Kier molecular flexibility index (Phi) is 4.54. The van der Waals surface area contributed by atoms with Gasteiger partial charge in [-0.05, 0) is 36.0 Å². The van der Waals surface area contributed by atoms with Crippen molar-refractivity contribution in [2.24, 2.45) is 5.73 Å². The molecule has 2 N–H and O–H groups in total. The first-order chi connectivity index (χ1) is 8.70. The molecule has 98 valence electrons. The largest absolute Gasteiger partial charge is 0.321 e. The number of unbranched alkanes of at least 4 members (excludes halogenated alkanes) is 3. The highest BCUT2D eigenvalue weighted by Crippen LogP contribution is 2.21. The summed E-state index contributed by atoms with van der Waals surface area (Å²) in [5.74, 6) is 0.186. The first-order valence-electron chi connectivity index (χ1n) is 7.09. The number of nitrogens with two attached hydrogens (primary N) is 1. The molecule has 0 fully saturated rings. The normalized spacial score (nSPS) is 18.8. The minimum absolute atomic E-state index is 0.186. The fraction of sp³-hybridized carbons (Fsp3) is 0.562. The molecule has 1 aromatic rings. The smallest absolute Gasteiger partial charge is 0.154 e. The van der Waals surface area contributed by atoms with Crippen molar-refractivity contribution in [3.8, 4) is 0 Å². The molecule has 0 aromatic heterocycles. The second-order valence-electron chi connectivity index (χ2n) is 5.37. The molecule has 1 aliphatic rings. The second kappa shape index (κ2) is 6.14. The Labute approximate surface area is 110 Å². The molecule has 0 aliphatic heterocycles. The van der Waals surface area contributed by atoms with Crippen LogP contribution in [-0.2, 0) is 24.1 Å². The first-order valence-corrected chi connectivity index (χ1v) is 7.09. The zero-order valence-electron chi connectivity index (χ0n) is 11.2. The second-order valence-corrected chi connectivity index (χ2v) is 5.37. The Morgan fingerprint density at radius 3 is 2.83 bits per heavy atom. The van der Waals surface area contributed by atoms with Gasteiger partial charge in [-0.25, -0.2) is 0 Å². The Morgan fingerprint density at radius 2 is 2.06 bits per heavy atom. The lowest BCUT2D eigenvalue weighted by molar-refractivity contribution is -0.120. The number of benzene rings is 1. The lowest BCUT2D eigenvalue weighted by Crippen LogP contribution is -2.37. The van der Waals surface area contributed by atoms with Gasteiger partial charge in [0.05, 0.1) is 6.04 Å². The minimum atomic E-state index is -0.284. The van der Waals surface area contributed by atoms with Crippen LogP contribution in [0.5, 0.6) is 0 Å². The van der Waals surface area contributed by atoms with E-state index < -0.39 is 0 Å². The van der Waals surface area contributed by atoms with E-state index in [4.69, 9.17) is 5.73 Å². The molecular weight excluding hydrogens is 222 g/mol. The van der Waals surface area contributed by atoms with Crippen LogP contribution in [0, 0.1) is 0 Å². The fourth-order valence-electron chi connectivity index (χ4n) is 2.62. The molecule has 2 rings (SSSR count). The number of ketones is 1. The van der Waals surface area contributed by atoms with Gasteiger partial charge in [0.25, 0.3) is 0 Å². The molecule has 1 unspecified atom stereocenters. The maximum atomic E-state index is 11.6. The summed E-state index contributed by atoms with van der Waals surface area (Å²) in [5, 5.41) is 0. The van der Waals surface area contributed by atoms with Crippen LogP contribution >= 0.6 is 0 Å². The van der Waals surface area contributed by atoms with Crippen molar-refractivity contribution in [3.05, 3.63) is 34.9 Å². The third-order valence-electron chi connectivity index (χ3n) is 3.81. The van der Waals surface area contributed by atoms with Gasteiger partial charge in [0, 0.05) is 6.42 Å². The summed E-state index contributed by atoms with van der Waals surface area (Å²) in [6.45, 7) is 2.23. The van der Waals surface area contributed by atoms with Crippen molar-refractivity contribution >= 4 is 5.78 Å². The van der Waals surface area contributed by atoms with Gasteiger partial charge in [-0.2, -0.15) is 0 Å². The number of Topliss-reactive ketones (excluding diaryl/α,β-unsaturated/α-hetero) is 1. The maximum Gasteiger partial charge on any atom is 0.154 e. The molecule has 1 aliphatic carbocycles. The number of hydrogen-bond acceptors (Lipinski definition) is 2. The number of aryl methyl sites for hydroxylation is 1. The van der Waals surface area contributed by atoms with Crippen LogP contribution in [0.25, 0.3) is 0 Å². The Balaban J connectivity index is 1.99. The number of carbonyl (C=O) groups is 1. The Hall–Kier alpha value is -1.15. The average molecular weight is 245 g/mol. The van der Waals surface area contributed by atoms with Crippen LogP contribution in [0.3, 0.4) is 0 Å². The molecule has 2 heteroatoms. The highest BCUT2D eigenvalue weighted by Gasteiger charge is 2.22. The zero-order chi connectivity index (χ0) is 13.0. The van der Waals surface area contributed by atoms with E-state index in [-0.39, 0.29) is 11.8 Å². The number of carbonyl (C=O) groups excluding carboxylic acids is 1. The number of rotatable bonds is 5. The van der Waals surface area contributed by atoms with Crippen molar-refractivity contribution in [2.75, 3.05) is 0 Å². The predicted octanol–water partition coefficient (Wildman–Crippen LogP) is 2.80. The monoisotopic (exact) mass is 245 g/mol. The van der Waals surface area contributed by atoms with Crippen LogP contribution in [0.15, 0.2) is 18.2 Å². The molecule has 0 radical (unpaired) electrons. The van der Waals surface area contributed by atoms with Crippen LogP contribution < -0.4 is 5.73 Å². The maximum absolute atomic E-state index is 11.6. The van der Waals surface area contributed by atoms with Crippen molar-refractivity contribution < 1.29 is 4.79 Å². The molecular formula is C16H23NO. The molecule has 0 saturated heterocycles. The summed E-state index contributed by atoms with van der Waals surface area (Å²) in [4.78, 5) is 11.6. The topological polar surface area (TPSA) is 43.1 Å². The van der Waals surface area contributed by atoms with E-state index in [9.17, 15) is 4.79 Å². The average Bonchev–Trinajstić information content (AvgIpc) is 2.36. The van der Waals surface area contributed by atoms with Crippen molar-refractivity contribution in [1.29, 1.82) is 0 Å². The molecule has 0 bridgehead atoms. The van der Waals surface area contributed by atoms with Gasteiger partial charge in [0.15, 0.2) is 5.78 Å². The summed E-state index contributed by atoms with van der Waals surface area (Å²) in [5.41, 5.74) is 9.63. The first kappa shape index (κ1) is 13.3. The quantitative estimate of drug-likeness (QED) is 0.811. The summed E-state index contributed by atoms with van der Waals surface area (Å²) < 4.78 is 0. The standard InChI is InChI=1S/C16H23NO/c1-2-3-4-5-6-12-7-8-13-10-15(17)16(18)11-14(13)9-12/h7-9,15H,2-6,10-11,17H2,1H3. The van der Waals surface area contributed by atoms with Crippen LogP contribution in [-0.4, -0.2) is 11.8 Å². The van der Waals surface area contributed by atoms with Gasteiger partial charge >= 0.3 is 0 Å². The van der Waals surface area contributed by atoms with E-state index in [1.165, 1.54) is 42.4 Å². The highest BCUT2D eigenvalue weighted by atomic mass is 16.1. The molecule has 0 amide bonds. The number of hydrogen-bond donors (Lipinski definition) is 1. The van der Waals surface area contributed by atoms with Gasteiger partial charge < -0.3 is 5.73 Å². The van der Waals surface area contributed by atoms with Crippen molar-refractivity contribution in [1.82, 2.24) is 0 Å². The molecule has 0 heterocycles. The van der Waals surface area contributed by atoms with Crippen LogP contribution in [0.2, 0.25) is 0 Å². The summed E-state index contributed by atoms with van der Waals surface area (Å²) >= 11 is 0. The molecule has 18 heavy (non-hydrogen) atoms. The van der Waals surface area contributed by atoms with E-state index in [2.05, 4.69) is 25.1 Å². The Bertz CT molecular complexity index is 425. The molecule has 0 spiro atoms. The lowest BCUT2D eigenvalue weighted by Gasteiger charge is -2.21. The fourth-order valence-corrected chi connectivity index (χ4v) is 2.62. The molecule has 1 atom stereocenters. The van der Waals surface area contributed by atoms with Gasteiger partial charge in [0.1, 0.15) is 0 Å². The van der Waals surface area contributed by atoms with Crippen LogP contribution in [0.1, 0.15) is 49.3 Å². The van der Waals surface area contributed by atoms with Crippen molar-refractivity contribution in [3.63, 3.8) is 0 Å². The van der Waals surface area contributed by atoms with Crippen LogP contribution in [0.4, 0.5) is 0 Å². The third-order valence-corrected chi connectivity index (χ3v) is 3.81. The highest BCUT2D eigenvalue weighted by molar-refractivity contribution is 5.88.